The number of aryl methyl sites for hydroxylation is 1. The van der Waals surface area contributed by atoms with Crippen molar-refractivity contribution in [1.82, 2.24) is 10.4 Å². The van der Waals surface area contributed by atoms with E-state index >= 15 is 0 Å². The van der Waals surface area contributed by atoms with Crippen LogP contribution in [0.1, 0.15) is 5.56 Å². The Morgan fingerprint density at radius 2 is 1.93 bits per heavy atom. The van der Waals surface area contributed by atoms with Crippen LogP contribution in [0, 0.1) is 6.92 Å². The van der Waals surface area contributed by atoms with Gasteiger partial charge >= 0.3 is 0 Å². The molecule has 0 saturated carbocycles. The highest BCUT2D eigenvalue weighted by Crippen LogP contribution is 2.17. The molecular weight excluding hydrogens is 208 g/mol. The summed E-state index contributed by atoms with van der Waals surface area (Å²) < 4.78 is 0. The van der Waals surface area contributed by atoms with Gasteiger partial charge in [-0.05, 0) is 19.1 Å². The fourth-order valence-electron chi connectivity index (χ4n) is 1.07. The van der Waals surface area contributed by atoms with Gasteiger partial charge in [0.1, 0.15) is 0 Å². The molecule has 0 aliphatic rings. The molecule has 0 unspecified atom stereocenters. The maximum atomic E-state index is 11.3. The first-order valence-corrected chi connectivity index (χ1v) is 5.73. The molecule has 0 aliphatic heterocycles. The molecule has 4 heteroatoms. The number of thioether (sulfide) groups is 1. The van der Waals surface area contributed by atoms with E-state index in [1.165, 1.54) is 5.56 Å². The van der Waals surface area contributed by atoms with Crippen LogP contribution in [-0.4, -0.2) is 30.8 Å². The number of carbonyl (C=O) groups is 1. The quantitative estimate of drug-likeness (QED) is 0.624. The number of nitrogens with one attached hydrogen (secondary N) is 1. The lowest BCUT2D eigenvalue weighted by Gasteiger charge is -2.11. The van der Waals surface area contributed by atoms with Crippen LogP contribution < -0.4 is 5.43 Å². The number of amides is 1. The largest absolute Gasteiger partial charge is 0.289 e. The van der Waals surface area contributed by atoms with E-state index in [9.17, 15) is 4.79 Å². The maximum Gasteiger partial charge on any atom is 0.244 e. The number of benzene rings is 1. The molecular formula is C11H16N2OS. The van der Waals surface area contributed by atoms with Crippen molar-refractivity contribution < 1.29 is 4.79 Å². The fraction of sp³-hybridized carbons (Fsp3) is 0.364. The minimum atomic E-state index is 0.0191. The highest BCUT2D eigenvalue weighted by Gasteiger charge is 2.02. The Balaban J connectivity index is 2.37. The highest BCUT2D eigenvalue weighted by atomic mass is 32.2. The van der Waals surface area contributed by atoms with E-state index in [-0.39, 0.29) is 5.91 Å². The summed E-state index contributed by atoms with van der Waals surface area (Å²) in [4.78, 5) is 12.4. The van der Waals surface area contributed by atoms with Crippen LogP contribution >= 0.6 is 11.8 Å². The molecule has 0 bridgehead atoms. The monoisotopic (exact) mass is 224 g/mol. The van der Waals surface area contributed by atoms with Gasteiger partial charge in [0.25, 0.3) is 0 Å². The van der Waals surface area contributed by atoms with Crippen molar-refractivity contribution in [3.63, 3.8) is 0 Å². The first-order chi connectivity index (χ1) is 7.08. The number of nitrogens with zero attached hydrogens (tertiary/aromatic N) is 1. The molecule has 1 aromatic carbocycles. The number of rotatable bonds is 4. The van der Waals surface area contributed by atoms with Crippen LogP contribution in [0.4, 0.5) is 0 Å². The van der Waals surface area contributed by atoms with E-state index in [0.29, 0.717) is 5.75 Å². The zero-order chi connectivity index (χ0) is 11.3. The van der Waals surface area contributed by atoms with E-state index in [0.717, 1.165) is 4.90 Å². The summed E-state index contributed by atoms with van der Waals surface area (Å²) in [7, 11) is 3.60. The summed E-state index contributed by atoms with van der Waals surface area (Å²) in [6.45, 7) is 2.05. The first kappa shape index (κ1) is 12.1. The number of hydrazine groups is 1. The van der Waals surface area contributed by atoms with Gasteiger partial charge in [-0.1, -0.05) is 17.7 Å². The van der Waals surface area contributed by atoms with Crippen LogP contribution in [-0.2, 0) is 4.79 Å². The Hall–Kier alpha value is -1.00. The predicted molar refractivity (Wildman–Crippen MR) is 63.7 cm³/mol. The number of hydrogen-bond acceptors (Lipinski definition) is 3. The Morgan fingerprint density at radius 3 is 2.47 bits per heavy atom. The van der Waals surface area contributed by atoms with Gasteiger partial charge in [-0.25, -0.2) is 5.01 Å². The molecule has 0 radical (unpaired) electrons. The Morgan fingerprint density at radius 1 is 1.33 bits per heavy atom. The second kappa shape index (κ2) is 5.78. The summed E-state index contributed by atoms with van der Waals surface area (Å²) in [5, 5.41) is 1.65. The molecule has 1 amide bonds. The zero-order valence-corrected chi connectivity index (χ0v) is 10.1. The summed E-state index contributed by atoms with van der Waals surface area (Å²) in [5.41, 5.74) is 3.93. The summed E-state index contributed by atoms with van der Waals surface area (Å²) in [5.74, 6) is 0.465. The normalized spacial score (nSPS) is 10.4. The molecule has 1 N–H and O–H groups in total. The molecule has 1 aromatic rings. The fourth-order valence-corrected chi connectivity index (χ4v) is 1.76. The van der Waals surface area contributed by atoms with Gasteiger partial charge in [-0.3, -0.25) is 10.2 Å². The maximum absolute atomic E-state index is 11.3. The van der Waals surface area contributed by atoms with Gasteiger partial charge in [0.2, 0.25) is 5.91 Å². The Bertz CT molecular complexity index is 322. The molecule has 0 heterocycles. The van der Waals surface area contributed by atoms with E-state index in [1.54, 1.807) is 30.9 Å². The molecule has 0 aromatic heterocycles. The van der Waals surface area contributed by atoms with Gasteiger partial charge < -0.3 is 0 Å². The van der Waals surface area contributed by atoms with E-state index in [1.807, 2.05) is 31.2 Å². The van der Waals surface area contributed by atoms with Crippen LogP contribution in [0.3, 0.4) is 0 Å². The van der Waals surface area contributed by atoms with E-state index < -0.39 is 0 Å². The van der Waals surface area contributed by atoms with Crippen LogP contribution in [0.2, 0.25) is 0 Å². The smallest absolute Gasteiger partial charge is 0.244 e. The molecule has 0 fully saturated rings. The Labute approximate surface area is 94.8 Å². The summed E-state index contributed by atoms with van der Waals surface area (Å²) >= 11 is 1.54. The summed E-state index contributed by atoms with van der Waals surface area (Å²) in [6.07, 6.45) is 0. The van der Waals surface area contributed by atoms with Crippen molar-refractivity contribution in [3.8, 4) is 0 Å². The van der Waals surface area contributed by atoms with Gasteiger partial charge in [-0.15, -0.1) is 11.8 Å². The predicted octanol–water partition coefficient (Wildman–Crippen LogP) is 1.68. The molecule has 15 heavy (non-hydrogen) atoms. The second-order valence-electron chi connectivity index (χ2n) is 3.53. The van der Waals surface area contributed by atoms with Crippen molar-refractivity contribution in [2.24, 2.45) is 0 Å². The average Bonchev–Trinajstić information content (AvgIpc) is 2.16. The van der Waals surface area contributed by atoms with Crippen LogP contribution in [0.15, 0.2) is 29.2 Å². The molecule has 1 rings (SSSR count). The lowest BCUT2D eigenvalue weighted by atomic mass is 10.2. The topological polar surface area (TPSA) is 32.3 Å². The number of hydrogen-bond donors (Lipinski definition) is 1. The van der Waals surface area contributed by atoms with Crippen LogP contribution in [0.5, 0.6) is 0 Å². The lowest BCUT2D eigenvalue weighted by molar-refractivity contribution is -0.122. The standard InChI is InChI=1S/C11H16N2OS/c1-9-4-6-10(7-5-9)15-8-11(14)12-13(2)3/h4-7H,8H2,1-3H3,(H,12,14). The lowest BCUT2D eigenvalue weighted by Crippen LogP contribution is -2.37. The van der Waals surface area contributed by atoms with Gasteiger partial charge in [0.15, 0.2) is 0 Å². The first-order valence-electron chi connectivity index (χ1n) is 4.74. The van der Waals surface area contributed by atoms with Gasteiger partial charge in [0.05, 0.1) is 5.75 Å². The van der Waals surface area contributed by atoms with Gasteiger partial charge in [-0.2, -0.15) is 0 Å². The van der Waals surface area contributed by atoms with Crippen molar-refractivity contribution in [3.05, 3.63) is 29.8 Å². The highest BCUT2D eigenvalue weighted by molar-refractivity contribution is 8.00. The van der Waals surface area contributed by atoms with E-state index in [4.69, 9.17) is 0 Å². The zero-order valence-electron chi connectivity index (χ0n) is 9.28. The summed E-state index contributed by atoms with van der Waals surface area (Å²) in [6, 6.07) is 8.16. The molecule has 0 atom stereocenters. The molecule has 82 valence electrons. The molecule has 0 spiro atoms. The molecule has 0 aliphatic carbocycles. The minimum Gasteiger partial charge on any atom is -0.289 e. The Kier molecular flexibility index (Phi) is 4.65. The second-order valence-corrected chi connectivity index (χ2v) is 4.58. The minimum absolute atomic E-state index is 0.0191. The van der Waals surface area contributed by atoms with E-state index in [2.05, 4.69) is 5.43 Å². The third kappa shape index (κ3) is 4.85. The average molecular weight is 224 g/mol. The molecule has 3 nitrogen and oxygen atoms in total. The van der Waals surface area contributed by atoms with Gasteiger partial charge in [0, 0.05) is 19.0 Å². The SMILES string of the molecule is Cc1ccc(SCC(=O)NN(C)C)cc1. The third-order valence-corrected chi connectivity index (χ3v) is 2.75. The van der Waals surface area contributed by atoms with Crippen molar-refractivity contribution in [2.45, 2.75) is 11.8 Å². The molecule has 0 saturated heterocycles. The number of carbonyl (C=O) groups excluding carboxylic acids is 1. The van der Waals surface area contributed by atoms with Crippen LogP contribution in [0.25, 0.3) is 0 Å². The third-order valence-electron chi connectivity index (χ3n) is 1.74. The van der Waals surface area contributed by atoms with Crippen molar-refractivity contribution >= 4 is 17.7 Å². The van der Waals surface area contributed by atoms with Crippen molar-refractivity contribution in [1.29, 1.82) is 0 Å². The van der Waals surface area contributed by atoms with Crippen molar-refractivity contribution in [2.75, 3.05) is 19.8 Å².